The first kappa shape index (κ1) is 17.0. The number of rotatable bonds is 4. The highest BCUT2D eigenvalue weighted by molar-refractivity contribution is 6.28. The van der Waals surface area contributed by atoms with E-state index in [2.05, 4.69) is 20.3 Å². The quantitative estimate of drug-likeness (QED) is 0.673. The van der Waals surface area contributed by atoms with Crippen molar-refractivity contribution in [3.63, 3.8) is 0 Å². The highest BCUT2D eigenvalue weighted by atomic mass is 35.5. The second kappa shape index (κ2) is 7.43. The summed E-state index contributed by atoms with van der Waals surface area (Å²) in [6.07, 6.45) is 8.33. The molecule has 0 unspecified atom stereocenters. The Morgan fingerprint density at radius 3 is 2.77 bits per heavy atom. The van der Waals surface area contributed by atoms with E-state index < -0.39 is 0 Å². The summed E-state index contributed by atoms with van der Waals surface area (Å²) in [5.74, 6) is 1.52. The summed E-state index contributed by atoms with van der Waals surface area (Å²) >= 11 is 5.72. The minimum Gasteiger partial charge on any atom is -0.490 e. The maximum absolute atomic E-state index is 9.81. The van der Waals surface area contributed by atoms with Crippen molar-refractivity contribution >= 4 is 33.9 Å². The topological polar surface area (TPSA) is 80.2 Å². The number of hydrogen-bond donors (Lipinski definition) is 2. The average molecular weight is 371 g/mol. The van der Waals surface area contributed by atoms with Gasteiger partial charge < -0.3 is 15.2 Å². The normalized spacial score (nSPS) is 20.1. The molecule has 26 heavy (non-hydrogen) atoms. The van der Waals surface area contributed by atoms with Crippen LogP contribution in [0, 0.1) is 0 Å². The lowest BCUT2D eigenvalue weighted by Gasteiger charge is -2.26. The number of aromatic nitrogens is 3. The number of anilines is 2. The molecular formula is C19H19ClN4O2. The lowest BCUT2D eigenvalue weighted by atomic mass is 9.95. The predicted octanol–water partition coefficient (Wildman–Crippen LogP) is 4.10. The molecule has 2 N–H and O–H groups in total. The molecular weight excluding hydrogens is 352 g/mol. The molecule has 0 spiro atoms. The summed E-state index contributed by atoms with van der Waals surface area (Å²) in [4.78, 5) is 12.3. The minimum atomic E-state index is -0.254. The standard InChI is InChI=1S/C19H19ClN4O2/c20-19-22-10-13(11-23-19)24-18-17-5-4-16(8-12(17)6-7-21-18)26-15-3-1-2-14(25)9-15/h4-8,10-11,14-15,25H,1-3,9H2,(H,21,24)/t14-,15+/m0/s1. The zero-order valence-electron chi connectivity index (χ0n) is 14.1. The van der Waals surface area contributed by atoms with E-state index in [4.69, 9.17) is 16.3 Å². The summed E-state index contributed by atoms with van der Waals surface area (Å²) in [6, 6.07) is 7.87. The van der Waals surface area contributed by atoms with E-state index in [1.165, 1.54) is 0 Å². The van der Waals surface area contributed by atoms with Gasteiger partial charge in [-0.1, -0.05) is 0 Å². The van der Waals surface area contributed by atoms with Crippen molar-refractivity contribution in [3.8, 4) is 5.75 Å². The Balaban J connectivity index is 1.56. The first-order chi connectivity index (χ1) is 12.7. The van der Waals surface area contributed by atoms with Crippen LogP contribution in [0.1, 0.15) is 25.7 Å². The van der Waals surface area contributed by atoms with Gasteiger partial charge in [-0.25, -0.2) is 15.0 Å². The molecule has 1 aromatic carbocycles. The highest BCUT2D eigenvalue weighted by Crippen LogP contribution is 2.29. The summed E-state index contributed by atoms with van der Waals surface area (Å²) in [7, 11) is 0. The van der Waals surface area contributed by atoms with Gasteiger partial charge in [0.05, 0.1) is 24.2 Å². The number of aliphatic hydroxyl groups excluding tert-OH is 1. The number of benzene rings is 1. The lowest BCUT2D eigenvalue weighted by molar-refractivity contribution is 0.0537. The van der Waals surface area contributed by atoms with Gasteiger partial charge >= 0.3 is 0 Å². The number of nitrogens with zero attached hydrogens (tertiary/aromatic N) is 3. The van der Waals surface area contributed by atoms with Gasteiger partial charge in [0.25, 0.3) is 0 Å². The van der Waals surface area contributed by atoms with Crippen molar-refractivity contribution in [2.75, 3.05) is 5.32 Å². The van der Waals surface area contributed by atoms with Gasteiger partial charge in [0.1, 0.15) is 17.7 Å². The molecule has 2 atom stereocenters. The third kappa shape index (κ3) is 3.86. The molecule has 2 heterocycles. The molecule has 7 heteroatoms. The number of halogens is 1. The van der Waals surface area contributed by atoms with Gasteiger partial charge in [-0.3, -0.25) is 0 Å². The molecule has 3 aromatic rings. The van der Waals surface area contributed by atoms with Crippen LogP contribution in [0.3, 0.4) is 0 Å². The van der Waals surface area contributed by atoms with Gasteiger partial charge in [-0.05, 0) is 60.5 Å². The Morgan fingerprint density at radius 1 is 1.12 bits per heavy atom. The van der Waals surface area contributed by atoms with E-state index in [-0.39, 0.29) is 17.5 Å². The maximum atomic E-state index is 9.81. The number of hydrogen-bond acceptors (Lipinski definition) is 6. The first-order valence-electron chi connectivity index (χ1n) is 8.65. The van der Waals surface area contributed by atoms with Crippen molar-refractivity contribution in [3.05, 3.63) is 48.1 Å². The van der Waals surface area contributed by atoms with Crippen LogP contribution in [0.5, 0.6) is 5.75 Å². The van der Waals surface area contributed by atoms with Crippen LogP contribution in [-0.4, -0.2) is 32.3 Å². The second-order valence-corrected chi connectivity index (χ2v) is 6.81. The van der Waals surface area contributed by atoms with Crippen LogP contribution < -0.4 is 10.1 Å². The van der Waals surface area contributed by atoms with Crippen LogP contribution in [-0.2, 0) is 0 Å². The van der Waals surface area contributed by atoms with Gasteiger partial charge in [-0.2, -0.15) is 0 Å². The lowest BCUT2D eigenvalue weighted by Crippen LogP contribution is -2.28. The summed E-state index contributed by atoms with van der Waals surface area (Å²) < 4.78 is 6.07. The van der Waals surface area contributed by atoms with E-state index in [9.17, 15) is 5.11 Å². The van der Waals surface area contributed by atoms with E-state index >= 15 is 0 Å². The molecule has 1 aliphatic carbocycles. The van der Waals surface area contributed by atoms with Crippen molar-refractivity contribution in [1.29, 1.82) is 0 Å². The van der Waals surface area contributed by atoms with Crippen molar-refractivity contribution in [1.82, 2.24) is 15.0 Å². The molecule has 0 radical (unpaired) electrons. The molecule has 134 valence electrons. The van der Waals surface area contributed by atoms with Gasteiger partial charge in [-0.15, -0.1) is 0 Å². The Hall–Kier alpha value is -2.44. The van der Waals surface area contributed by atoms with E-state index in [1.54, 1.807) is 18.6 Å². The summed E-state index contributed by atoms with van der Waals surface area (Å²) in [6.45, 7) is 0. The number of aliphatic hydroxyl groups is 1. The van der Waals surface area contributed by atoms with E-state index in [0.29, 0.717) is 17.9 Å². The fraction of sp³-hybridized carbons (Fsp3) is 0.316. The molecule has 0 amide bonds. The Bertz CT molecular complexity index is 904. The fourth-order valence-electron chi connectivity index (χ4n) is 3.26. The summed E-state index contributed by atoms with van der Waals surface area (Å²) in [5.41, 5.74) is 0.714. The Labute approximate surface area is 156 Å². The Morgan fingerprint density at radius 2 is 1.96 bits per heavy atom. The second-order valence-electron chi connectivity index (χ2n) is 6.47. The third-order valence-corrected chi connectivity index (χ3v) is 4.72. The van der Waals surface area contributed by atoms with Gasteiger partial charge in [0, 0.05) is 18.0 Å². The van der Waals surface area contributed by atoms with Gasteiger partial charge in [0.15, 0.2) is 0 Å². The molecule has 2 aromatic heterocycles. The van der Waals surface area contributed by atoms with Crippen molar-refractivity contribution < 1.29 is 9.84 Å². The number of nitrogens with one attached hydrogen (secondary N) is 1. The predicted molar refractivity (Wildman–Crippen MR) is 101 cm³/mol. The first-order valence-corrected chi connectivity index (χ1v) is 9.03. The zero-order valence-corrected chi connectivity index (χ0v) is 14.9. The van der Waals surface area contributed by atoms with Crippen molar-refractivity contribution in [2.45, 2.75) is 37.9 Å². The van der Waals surface area contributed by atoms with E-state index in [0.717, 1.165) is 35.8 Å². The third-order valence-electron chi connectivity index (χ3n) is 4.52. The molecule has 1 saturated carbocycles. The smallest absolute Gasteiger partial charge is 0.222 e. The molecule has 4 rings (SSSR count). The molecule has 6 nitrogen and oxygen atoms in total. The molecule has 0 bridgehead atoms. The largest absolute Gasteiger partial charge is 0.490 e. The fourth-order valence-corrected chi connectivity index (χ4v) is 3.36. The van der Waals surface area contributed by atoms with Crippen LogP contribution in [0.2, 0.25) is 5.28 Å². The number of ether oxygens (including phenoxy) is 1. The average Bonchev–Trinajstić information content (AvgIpc) is 2.64. The van der Waals surface area contributed by atoms with Crippen LogP contribution in [0.15, 0.2) is 42.9 Å². The number of fused-ring (bicyclic) bond motifs is 1. The zero-order chi connectivity index (χ0) is 17.9. The number of pyridine rings is 1. The van der Waals surface area contributed by atoms with E-state index in [1.807, 2.05) is 24.3 Å². The van der Waals surface area contributed by atoms with Crippen LogP contribution in [0.4, 0.5) is 11.5 Å². The van der Waals surface area contributed by atoms with Crippen LogP contribution in [0.25, 0.3) is 10.8 Å². The SMILES string of the molecule is O[C@H]1CCC[C@@H](Oc2ccc3c(Nc4cnc(Cl)nc4)nccc3c2)C1. The van der Waals surface area contributed by atoms with Gasteiger partial charge in [0.2, 0.25) is 5.28 Å². The molecule has 0 aliphatic heterocycles. The molecule has 1 fully saturated rings. The van der Waals surface area contributed by atoms with Crippen LogP contribution >= 0.6 is 11.6 Å². The highest BCUT2D eigenvalue weighted by Gasteiger charge is 2.21. The summed E-state index contributed by atoms with van der Waals surface area (Å²) in [5, 5.41) is 15.2. The molecule has 1 aliphatic rings. The minimum absolute atomic E-state index is 0.0712. The monoisotopic (exact) mass is 370 g/mol. The van der Waals surface area contributed by atoms with Crippen molar-refractivity contribution in [2.24, 2.45) is 0 Å². The Kier molecular flexibility index (Phi) is 4.86. The maximum Gasteiger partial charge on any atom is 0.222 e. The molecule has 0 saturated heterocycles.